The molecule has 1 aromatic rings. The second kappa shape index (κ2) is 6.53. The van der Waals surface area contributed by atoms with Crippen LogP contribution in [0, 0.1) is 10.1 Å². The average Bonchev–Trinajstić information content (AvgIpc) is 2.42. The molecule has 0 radical (unpaired) electrons. The zero-order valence-electron chi connectivity index (χ0n) is 11.6. The van der Waals surface area contributed by atoms with Crippen molar-refractivity contribution < 1.29 is 9.66 Å². The molecule has 1 aliphatic rings. The molecule has 0 aliphatic carbocycles. The summed E-state index contributed by atoms with van der Waals surface area (Å²) in [5.41, 5.74) is 6.03. The monoisotopic (exact) mass is 280 g/mol. The Morgan fingerprint density at radius 2 is 2.05 bits per heavy atom. The Hall–Kier alpha value is -1.86. The van der Waals surface area contributed by atoms with E-state index in [1.807, 2.05) is 0 Å². The van der Waals surface area contributed by atoms with E-state index >= 15 is 0 Å². The number of piperazine rings is 1. The highest BCUT2D eigenvalue weighted by molar-refractivity contribution is 5.58. The van der Waals surface area contributed by atoms with Crippen molar-refractivity contribution in [2.75, 3.05) is 52.1 Å². The summed E-state index contributed by atoms with van der Waals surface area (Å²) in [6.07, 6.45) is 0. The maximum atomic E-state index is 10.6. The van der Waals surface area contributed by atoms with Gasteiger partial charge in [0.1, 0.15) is 12.4 Å². The van der Waals surface area contributed by atoms with Crippen LogP contribution in [0.1, 0.15) is 0 Å². The van der Waals surface area contributed by atoms with Gasteiger partial charge >= 0.3 is 0 Å². The number of rotatable bonds is 5. The van der Waals surface area contributed by atoms with Crippen LogP contribution >= 0.6 is 0 Å². The zero-order valence-corrected chi connectivity index (χ0v) is 11.6. The molecule has 1 saturated heterocycles. The lowest BCUT2D eigenvalue weighted by atomic mass is 10.2. The van der Waals surface area contributed by atoms with Gasteiger partial charge in [-0.3, -0.25) is 15.0 Å². The SMILES string of the molecule is CN1CCN(CCOc2ccc([N+](=O)[O-])cc2N)CC1. The number of likely N-dealkylation sites (N-methyl/N-ethyl adjacent to an activating group) is 1. The van der Waals surface area contributed by atoms with Crippen molar-refractivity contribution in [3.05, 3.63) is 28.3 Å². The predicted octanol–water partition coefficient (Wildman–Crippen LogP) is 0.803. The number of nitrogens with two attached hydrogens (primary N) is 1. The van der Waals surface area contributed by atoms with Gasteiger partial charge in [0.15, 0.2) is 0 Å². The van der Waals surface area contributed by atoms with E-state index in [9.17, 15) is 10.1 Å². The molecule has 1 fully saturated rings. The first kappa shape index (κ1) is 14.5. The predicted molar refractivity (Wildman–Crippen MR) is 76.9 cm³/mol. The number of nitro benzene ring substituents is 1. The van der Waals surface area contributed by atoms with Gasteiger partial charge in [0.25, 0.3) is 5.69 Å². The molecular weight excluding hydrogens is 260 g/mol. The summed E-state index contributed by atoms with van der Waals surface area (Å²) in [5.74, 6) is 0.504. The second-order valence-corrected chi connectivity index (χ2v) is 4.97. The molecule has 1 aromatic carbocycles. The van der Waals surface area contributed by atoms with Crippen molar-refractivity contribution in [2.24, 2.45) is 0 Å². The summed E-state index contributed by atoms with van der Waals surface area (Å²) in [5, 5.41) is 10.6. The molecule has 0 saturated carbocycles. The first-order chi connectivity index (χ1) is 9.56. The molecule has 0 aromatic heterocycles. The highest BCUT2D eigenvalue weighted by Crippen LogP contribution is 2.26. The lowest BCUT2D eigenvalue weighted by Gasteiger charge is -2.32. The van der Waals surface area contributed by atoms with Gasteiger partial charge in [-0.1, -0.05) is 0 Å². The maximum absolute atomic E-state index is 10.6. The van der Waals surface area contributed by atoms with Crippen LogP contribution in [0.2, 0.25) is 0 Å². The molecule has 7 heteroatoms. The quantitative estimate of drug-likeness (QED) is 0.488. The highest BCUT2D eigenvalue weighted by Gasteiger charge is 2.14. The molecule has 7 nitrogen and oxygen atoms in total. The van der Waals surface area contributed by atoms with E-state index in [1.165, 1.54) is 12.1 Å². The molecule has 2 rings (SSSR count). The number of anilines is 1. The minimum Gasteiger partial charge on any atom is -0.490 e. The molecule has 1 heterocycles. The standard InChI is InChI=1S/C13H20N4O3/c1-15-4-6-16(7-5-15)8-9-20-13-3-2-11(17(18)19)10-12(13)14/h2-3,10H,4-9,14H2,1H3. The van der Waals surface area contributed by atoms with Crippen molar-refractivity contribution in [1.29, 1.82) is 0 Å². The fraction of sp³-hybridized carbons (Fsp3) is 0.538. The number of nitrogens with zero attached hydrogens (tertiary/aromatic N) is 3. The van der Waals surface area contributed by atoms with E-state index in [0.29, 0.717) is 18.0 Å². The molecular formula is C13H20N4O3. The van der Waals surface area contributed by atoms with Crippen LogP contribution in [0.3, 0.4) is 0 Å². The third-order valence-corrected chi connectivity index (χ3v) is 3.47. The zero-order chi connectivity index (χ0) is 14.5. The number of benzene rings is 1. The van der Waals surface area contributed by atoms with E-state index < -0.39 is 4.92 Å². The summed E-state index contributed by atoms with van der Waals surface area (Å²) < 4.78 is 5.60. The number of nitrogen functional groups attached to an aromatic ring is 1. The highest BCUT2D eigenvalue weighted by atomic mass is 16.6. The Morgan fingerprint density at radius 1 is 1.35 bits per heavy atom. The molecule has 110 valence electrons. The molecule has 0 amide bonds. The molecule has 0 atom stereocenters. The van der Waals surface area contributed by atoms with Crippen LogP contribution < -0.4 is 10.5 Å². The largest absolute Gasteiger partial charge is 0.490 e. The van der Waals surface area contributed by atoms with Gasteiger partial charge in [0.05, 0.1) is 10.6 Å². The number of hydrogen-bond donors (Lipinski definition) is 1. The Labute approximate surface area is 118 Å². The van der Waals surface area contributed by atoms with E-state index in [4.69, 9.17) is 10.5 Å². The fourth-order valence-corrected chi connectivity index (χ4v) is 2.14. The van der Waals surface area contributed by atoms with Crippen LogP contribution in [-0.2, 0) is 0 Å². The van der Waals surface area contributed by atoms with E-state index in [2.05, 4.69) is 16.8 Å². The van der Waals surface area contributed by atoms with Gasteiger partial charge in [-0.2, -0.15) is 0 Å². The Morgan fingerprint density at radius 3 is 2.65 bits per heavy atom. The van der Waals surface area contributed by atoms with Crippen LogP contribution in [-0.4, -0.2) is 61.1 Å². The van der Waals surface area contributed by atoms with E-state index in [0.717, 1.165) is 32.7 Å². The Kier molecular flexibility index (Phi) is 4.75. The maximum Gasteiger partial charge on any atom is 0.271 e. The average molecular weight is 280 g/mol. The van der Waals surface area contributed by atoms with Crippen LogP contribution in [0.15, 0.2) is 18.2 Å². The minimum absolute atomic E-state index is 0.0195. The number of nitro groups is 1. The van der Waals surface area contributed by atoms with Crippen molar-refractivity contribution in [3.63, 3.8) is 0 Å². The number of ether oxygens (including phenoxy) is 1. The molecule has 0 spiro atoms. The van der Waals surface area contributed by atoms with E-state index in [1.54, 1.807) is 6.07 Å². The van der Waals surface area contributed by atoms with Crippen LogP contribution in [0.4, 0.5) is 11.4 Å². The Bertz CT molecular complexity index is 473. The lowest BCUT2D eigenvalue weighted by Crippen LogP contribution is -2.45. The third-order valence-electron chi connectivity index (χ3n) is 3.47. The van der Waals surface area contributed by atoms with Gasteiger partial charge in [-0.15, -0.1) is 0 Å². The first-order valence-corrected chi connectivity index (χ1v) is 6.64. The lowest BCUT2D eigenvalue weighted by molar-refractivity contribution is -0.384. The minimum atomic E-state index is -0.468. The summed E-state index contributed by atoms with van der Waals surface area (Å²) in [6.45, 7) is 5.58. The second-order valence-electron chi connectivity index (χ2n) is 4.97. The molecule has 0 bridgehead atoms. The van der Waals surface area contributed by atoms with Crippen molar-refractivity contribution >= 4 is 11.4 Å². The number of non-ortho nitro benzene ring substituents is 1. The molecule has 20 heavy (non-hydrogen) atoms. The summed E-state index contributed by atoms with van der Waals surface area (Å²) in [4.78, 5) is 14.8. The van der Waals surface area contributed by atoms with Gasteiger partial charge in [-0.25, -0.2) is 0 Å². The van der Waals surface area contributed by atoms with E-state index in [-0.39, 0.29) is 5.69 Å². The Balaban J connectivity index is 1.81. The normalized spacial score (nSPS) is 17.1. The first-order valence-electron chi connectivity index (χ1n) is 6.64. The van der Waals surface area contributed by atoms with Gasteiger partial charge in [-0.05, 0) is 13.1 Å². The topological polar surface area (TPSA) is 84.9 Å². The molecule has 1 aliphatic heterocycles. The third kappa shape index (κ3) is 3.82. The summed E-state index contributed by atoms with van der Waals surface area (Å²) in [7, 11) is 2.12. The molecule has 0 unspecified atom stereocenters. The van der Waals surface area contributed by atoms with Crippen LogP contribution in [0.5, 0.6) is 5.75 Å². The van der Waals surface area contributed by atoms with Crippen molar-refractivity contribution in [2.45, 2.75) is 0 Å². The summed E-state index contributed by atoms with van der Waals surface area (Å²) >= 11 is 0. The summed E-state index contributed by atoms with van der Waals surface area (Å²) in [6, 6.07) is 4.28. The van der Waals surface area contributed by atoms with Crippen LogP contribution in [0.25, 0.3) is 0 Å². The van der Waals surface area contributed by atoms with Crippen molar-refractivity contribution in [3.8, 4) is 5.75 Å². The number of hydrogen-bond acceptors (Lipinski definition) is 6. The van der Waals surface area contributed by atoms with Gasteiger partial charge in [0, 0.05) is 44.9 Å². The van der Waals surface area contributed by atoms with Crippen molar-refractivity contribution in [1.82, 2.24) is 9.80 Å². The molecule has 2 N–H and O–H groups in total. The fourth-order valence-electron chi connectivity index (χ4n) is 2.14. The van der Waals surface area contributed by atoms with Gasteiger partial charge < -0.3 is 15.4 Å². The smallest absolute Gasteiger partial charge is 0.271 e. The van der Waals surface area contributed by atoms with Gasteiger partial charge in [0.2, 0.25) is 0 Å².